The maximum atomic E-state index is 12.3. The average molecular weight is 341 g/mol. The van der Waals surface area contributed by atoms with E-state index in [9.17, 15) is 9.90 Å². The Labute approximate surface area is 128 Å². The molecule has 1 unspecified atom stereocenters. The fourth-order valence-corrected chi connectivity index (χ4v) is 2.86. The molecule has 1 aromatic rings. The van der Waals surface area contributed by atoms with Gasteiger partial charge in [0.25, 0.3) is 5.91 Å². The third-order valence-corrected chi connectivity index (χ3v) is 4.26. The number of rotatable bonds is 4. The Bertz CT molecular complexity index is 473. The van der Waals surface area contributed by atoms with Gasteiger partial charge in [0.2, 0.25) is 0 Å². The summed E-state index contributed by atoms with van der Waals surface area (Å²) < 4.78 is 0.764. The topological polar surface area (TPSA) is 52.6 Å². The highest BCUT2D eigenvalue weighted by Crippen LogP contribution is 2.23. The standard InChI is InChI=1S/C15H21BrN2O2/c1-18(9-7-12-4-2-3-8-17-12)15(20)13-6-5-11(16)10-14(13)19/h5-6,10,12,17,19H,2-4,7-9H2,1H3. The normalized spacial score (nSPS) is 18.8. The Hall–Kier alpha value is -1.07. The number of carbonyl (C=O) groups is 1. The second kappa shape index (κ2) is 7.09. The zero-order chi connectivity index (χ0) is 14.5. The molecule has 2 rings (SSSR count). The highest BCUT2D eigenvalue weighted by atomic mass is 79.9. The number of hydrogen-bond acceptors (Lipinski definition) is 3. The van der Waals surface area contributed by atoms with Gasteiger partial charge in [-0.1, -0.05) is 22.4 Å². The summed E-state index contributed by atoms with van der Waals surface area (Å²) in [6, 6.07) is 5.47. The molecule has 0 saturated carbocycles. The van der Waals surface area contributed by atoms with Gasteiger partial charge in [0.1, 0.15) is 5.75 Å². The number of nitrogens with one attached hydrogen (secondary N) is 1. The number of piperidine rings is 1. The van der Waals surface area contributed by atoms with Crippen molar-refractivity contribution in [1.29, 1.82) is 0 Å². The third kappa shape index (κ3) is 3.96. The molecule has 1 aliphatic heterocycles. The highest BCUT2D eigenvalue weighted by molar-refractivity contribution is 9.10. The Morgan fingerprint density at radius 2 is 2.30 bits per heavy atom. The number of phenolic OH excluding ortho intramolecular Hbond substituents is 1. The first kappa shape index (κ1) is 15.3. The second-order valence-corrected chi connectivity index (χ2v) is 6.24. The first-order valence-electron chi connectivity index (χ1n) is 7.05. The second-order valence-electron chi connectivity index (χ2n) is 5.32. The van der Waals surface area contributed by atoms with E-state index < -0.39 is 0 Å². The average Bonchev–Trinajstić information content (AvgIpc) is 2.45. The van der Waals surface area contributed by atoms with Gasteiger partial charge in [-0.25, -0.2) is 0 Å². The van der Waals surface area contributed by atoms with E-state index in [1.165, 1.54) is 19.3 Å². The number of benzene rings is 1. The van der Waals surface area contributed by atoms with Crippen LogP contribution in [0.4, 0.5) is 0 Å². The van der Waals surface area contributed by atoms with Crippen molar-refractivity contribution in [2.24, 2.45) is 0 Å². The summed E-state index contributed by atoms with van der Waals surface area (Å²) in [5.74, 6) is -0.113. The molecule has 1 saturated heterocycles. The molecule has 0 bridgehead atoms. The molecule has 20 heavy (non-hydrogen) atoms. The molecular weight excluding hydrogens is 320 g/mol. The number of halogens is 1. The number of aromatic hydroxyl groups is 1. The van der Waals surface area contributed by atoms with E-state index >= 15 is 0 Å². The van der Waals surface area contributed by atoms with E-state index in [1.807, 2.05) is 0 Å². The van der Waals surface area contributed by atoms with Crippen molar-refractivity contribution in [3.05, 3.63) is 28.2 Å². The van der Waals surface area contributed by atoms with Crippen LogP contribution in [0.15, 0.2) is 22.7 Å². The van der Waals surface area contributed by atoms with Crippen molar-refractivity contribution < 1.29 is 9.90 Å². The summed E-state index contributed by atoms with van der Waals surface area (Å²) in [7, 11) is 1.78. The molecule has 1 atom stereocenters. The van der Waals surface area contributed by atoms with Crippen LogP contribution in [0.2, 0.25) is 0 Å². The van der Waals surface area contributed by atoms with Crippen LogP contribution >= 0.6 is 15.9 Å². The van der Waals surface area contributed by atoms with Gasteiger partial charge in [-0.15, -0.1) is 0 Å². The molecular formula is C15H21BrN2O2. The van der Waals surface area contributed by atoms with Crippen molar-refractivity contribution in [2.45, 2.75) is 31.7 Å². The summed E-state index contributed by atoms with van der Waals surface area (Å²) in [6.45, 7) is 1.78. The summed E-state index contributed by atoms with van der Waals surface area (Å²) in [5.41, 5.74) is 0.354. The summed E-state index contributed by atoms with van der Waals surface area (Å²) in [5, 5.41) is 13.3. The molecule has 1 fully saturated rings. The molecule has 1 aliphatic rings. The molecule has 1 amide bonds. The van der Waals surface area contributed by atoms with Gasteiger partial charge in [0, 0.05) is 24.1 Å². The summed E-state index contributed by atoms with van der Waals surface area (Å²) in [6.07, 6.45) is 4.66. The summed E-state index contributed by atoms with van der Waals surface area (Å²) in [4.78, 5) is 14.0. The number of nitrogens with zero attached hydrogens (tertiary/aromatic N) is 1. The SMILES string of the molecule is CN(CCC1CCCCN1)C(=O)c1ccc(Br)cc1O. The molecule has 0 aromatic heterocycles. The van der Waals surface area contributed by atoms with Crippen LogP contribution in [-0.4, -0.2) is 42.1 Å². The van der Waals surface area contributed by atoms with Crippen molar-refractivity contribution in [3.8, 4) is 5.75 Å². The van der Waals surface area contributed by atoms with E-state index in [0.29, 0.717) is 18.2 Å². The number of hydrogen-bond donors (Lipinski definition) is 2. The van der Waals surface area contributed by atoms with Gasteiger partial charge in [-0.2, -0.15) is 0 Å². The van der Waals surface area contributed by atoms with Gasteiger partial charge in [-0.05, 0) is 44.0 Å². The molecule has 0 spiro atoms. The molecule has 0 aliphatic carbocycles. The molecule has 4 nitrogen and oxygen atoms in total. The van der Waals surface area contributed by atoms with Crippen molar-refractivity contribution >= 4 is 21.8 Å². The zero-order valence-corrected chi connectivity index (χ0v) is 13.3. The van der Waals surface area contributed by atoms with Crippen LogP contribution in [0.1, 0.15) is 36.0 Å². The Morgan fingerprint density at radius 1 is 1.50 bits per heavy atom. The van der Waals surface area contributed by atoms with Gasteiger partial charge >= 0.3 is 0 Å². The summed E-state index contributed by atoms with van der Waals surface area (Å²) >= 11 is 3.27. The Morgan fingerprint density at radius 3 is 2.95 bits per heavy atom. The predicted octanol–water partition coefficient (Wildman–Crippen LogP) is 2.76. The van der Waals surface area contributed by atoms with Gasteiger partial charge in [0.15, 0.2) is 0 Å². The van der Waals surface area contributed by atoms with Crippen molar-refractivity contribution in [3.63, 3.8) is 0 Å². The predicted molar refractivity (Wildman–Crippen MR) is 83.0 cm³/mol. The molecule has 1 heterocycles. The quantitative estimate of drug-likeness (QED) is 0.886. The van der Waals surface area contributed by atoms with Crippen LogP contribution in [0.5, 0.6) is 5.75 Å². The maximum absolute atomic E-state index is 12.3. The fraction of sp³-hybridized carbons (Fsp3) is 0.533. The largest absolute Gasteiger partial charge is 0.507 e. The molecule has 1 aromatic carbocycles. The maximum Gasteiger partial charge on any atom is 0.257 e. The highest BCUT2D eigenvalue weighted by Gasteiger charge is 2.18. The lowest BCUT2D eigenvalue weighted by Crippen LogP contribution is -2.38. The minimum absolute atomic E-state index is 0.0204. The smallest absolute Gasteiger partial charge is 0.257 e. The van der Waals surface area contributed by atoms with Crippen LogP contribution in [-0.2, 0) is 0 Å². The van der Waals surface area contributed by atoms with E-state index in [-0.39, 0.29) is 11.7 Å². The Kier molecular flexibility index (Phi) is 5.43. The van der Waals surface area contributed by atoms with E-state index in [2.05, 4.69) is 21.2 Å². The first-order valence-corrected chi connectivity index (χ1v) is 7.84. The lowest BCUT2D eigenvalue weighted by Gasteiger charge is -2.26. The molecule has 110 valence electrons. The van der Waals surface area contributed by atoms with Crippen LogP contribution in [0.25, 0.3) is 0 Å². The molecule has 0 radical (unpaired) electrons. The van der Waals surface area contributed by atoms with E-state index in [0.717, 1.165) is 17.4 Å². The van der Waals surface area contributed by atoms with Crippen LogP contribution in [0, 0.1) is 0 Å². The monoisotopic (exact) mass is 340 g/mol. The minimum atomic E-state index is -0.134. The number of amides is 1. The lowest BCUT2D eigenvalue weighted by molar-refractivity contribution is 0.0785. The van der Waals surface area contributed by atoms with E-state index in [1.54, 1.807) is 30.1 Å². The third-order valence-electron chi connectivity index (χ3n) is 3.76. The first-order chi connectivity index (χ1) is 9.58. The molecule has 5 heteroatoms. The fourth-order valence-electron chi connectivity index (χ4n) is 2.51. The van der Waals surface area contributed by atoms with Gasteiger partial charge in [0.05, 0.1) is 5.56 Å². The van der Waals surface area contributed by atoms with Crippen LogP contribution in [0.3, 0.4) is 0 Å². The zero-order valence-electron chi connectivity index (χ0n) is 11.7. The van der Waals surface area contributed by atoms with E-state index in [4.69, 9.17) is 0 Å². The van der Waals surface area contributed by atoms with Gasteiger partial charge in [-0.3, -0.25) is 4.79 Å². The number of phenols is 1. The molecule has 2 N–H and O–H groups in total. The Balaban J connectivity index is 1.90. The number of carbonyl (C=O) groups excluding carboxylic acids is 1. The van der Waals surface area contributed by atoms with Crippen molar-refractivity contribution in [1.82, 2.24) is 10.2 Å². The van der Waals surface area contributed by atoms with Crippen molar-refractivity contribution in [2.75, 3.05) is 20.1 Å². The van der Waals surface area contributed by atoms with Crippen LogP contribution < -0.4 is 5.32 Å². The lowest BCUT2D eigenvalue weighted by atomic mass is 10.0. The van der Waals surface area contributed by atoms with Gasteiger partial charge < -0.3 is 15.3 Å². The minimum Gasteiger partial charge on any atom is -0.507 e.